The molecule has 0 bridgehead atoms. The van der Waals surface area contributed by atoms with Crippen LogP contribution in [0.5, 0.6) is 0 Å². The Bertz CT molecular complexity index is 297. The van der Waals surface area contributed by atoms with Gasteiger partial charge in [-0.05, 0) is 65.3 Å². The standard InChI is InChI=1S/C16H31NO/c1-7-8-17-14(12-9-11(12)2)13-10-15(3,4)18-16(13,5)6/h11-14,17H,7-10H2,1-6H3. The maximum absolute atomic E-state index is 6.28. The van der Waals surface area contributed by atoms with E-state index in [-0.39, 0.29) is 11.2 Å². The third kappa shape index (κ3) is 2.91. The molecule has 1 saturated heterocycles. The molecule has 0 radical (unpaired) electrons. The van der Waals surface area contributed by atoms with Gasteiger partial charge in [0, 0.05) is 12.0 Å². The van der Waals surface area contributed by atoms with Gasteiger partial charge >= 0.3 is 0 Å². The average Bonchev–Trinajstić information content (AvgIpc) is 2.86. The van der Waals surface area contributed by atoms with Crippen molar-refractivity contribution >= 4 is 0 Å². The van der Waals surface area contributed by atoms with E-state index in [9.17, 15) is 0 Å². The molecule has 0 spiro atoms. The van der Waals surface area contributed by atoms with Crippen molar-refractivity contribution in [3.63, 3.8) is 0 Å². The van der Waals surface area contributed by atoms with E-state index < -0.39 is 0 Å². The second-order valence-electron chi connectivity index (χ2n) is 7.63. The molecular weight excluding hydrogens is 222 g/mol. The normalized spacial score (nSPS) is 38.7. The monoisotopic (exact) mass is 253 g/mol. The first-order valence-corrected chi connectivity index (χ1v) is 7.70. The van der Waals surface area contributed by atoms with Crippen LogP contribution in [0.4, 0.5) is 0 Å². The Morgan fingerprint density at radius 2 is 1.89 bits per heavy atom. The molecule has 18 heavy (non-hydrogen) atoms. The Balaban J connectivity index is 2.10. The highest BCUT2D eigenvalue weighted by atomic mass is 16.5. The van der Waals surface area contributed by atoms with Gasteiger partial charge in [-0.2, -0.15) is 0 Å². The largest absolute Gasteiger partial charge is 0.369 e. The van der Waals surface area contributed by atoms with Crippen molar-refractivity contribution in [3.05, 3.63) is 0 Å². The van der Waals surface area contributed by atoms with Gasteiger partial charge in [0.1, 0.15) is 0 Å². The molecule has 2 heteroatoms. The molecule has 0 aromatic heterocycles. The lowest BCUT2D eigenvalue weighted by Crippen LogP contribution is -2.46. The second-order valence-corrected chi connectivity index (χ2v) is 7.63. The van der Waals surface area contributed by atoms with Crippen LogP contribution in [0.2, 0.25) is 0 Å². The minimum Gasteiger partial charge on any atom is -0.369 e. The zero-order valence-electron chi connectivity index (χ0n) is 13.0. The third-order valence-electron chi connectivity index (χ3n) is 4.84. The molecule has 2 rings (SSSR count). The van der Waals surface area contributed by atoms with E-state index in [1.807, 2.05) is 0 Å². The molecule has 106 valence electrons. The van der Waals surface area contributed by atoms with Gasteiger partial charge in [0.2, 0.25) is 0 Å². The van der Waals surface area contributed by atoms with Crippen molar-refractivity contribution < 1.29 is 4.74 Å². The fraction of sp³-hybridized carbons (Fsp3) is 1.00. The Morgan fingerprint density at radius 1 is 1.28 bits per heavy atom. The van der Waals surface area contributed by atoms with Crippen molar-refractivity contribution in [3.8, 4) is 0 Å². The SMILES string of the molecule is CCCNC(C1CC1C)C1CC(C)(C)OC1(C)C. The van der Waals surface area contributed by atoms with Crippen LogP contribution in [-0.2, 0) is 4.74 Å². The van der Waals surface area contributed by atoms with E-state index in [2.05, 4.69) is 46.9 Å². The zero-order chi connectivity index (χ0) is 13.6. The lowest BCUT2D eigenvalue weighted by molar-refractivity contribution is -0.0785. The topological polar surface area (TPSA) is 21.3 Å². The first-order chi connectivity index (χ1) is 8.27. The molecule has 2 fully saturated rings. The van der Waals surface area contributed by atoms with Gasteiger partial charge in [0.05, 0.1) is 11.2 Å². The zero-order valence-corrected chi connectivity index (χ0v) is 13.0. The Labute approximate surface area is 113 Å². The van der Waals surface area contributed by atoms with Crippen LogP contribution in [0, 0.1) is 17.8 Å². The molecule has 1 aliphatic carbocycles. The lowest BCUT2D eigenvalue weighted by atomic mass is 9.79. The molecule has 0 aromatic rings. The van der Waals surface area contributed by atoms with Crippen LogP contribution >= 0.6 is 0 Å². The van der Waals surface area contributed by atoms with Crippen molar-refractivity contribution in [2.24, 2.45) is 17.8 Å². The van der Waals surface area contributed by atoms with Gasteiger partial charge in [0.15, 0.2) is 0 Å². The first kappa shape index (κ1) is 14.3. The summed E-state index contributed by atoms with van der Waals surface area (Å²) in [4.78, 5) is 0. The van der Waals surface area contributed by atoms with E-state index in [1.165, 1.54) is 19.3 Å². The first-order valence-electron chi connectivity index (χ1n) is 7.70. The van der Waals surface area contributed by atoms with Gasteiger partial charge < -0.3 is 10.1 Å². The summed E-state index contributed by atoms with van der Waals surface area (Å²) in [6.45, 7) is 14.8. The van der Waals surface area contributed by atoms with Gasteiger partial charge in [-0.1, -0.05) is 13.8 Å². The number of hydrogen-bond acceptors (Lipinski definition) is 2. The van der Waals surface area contributed by atoms with Gasteiger partial charge in [-0.25, -0.2) is 0 Å². The van der Waals surface area contributed by atoms with Gasteiger partial charge in [-0.3, -0.25) is 0 Å². The molecule has 1 saturated carbocycles. The highest BCUT2D eigenvalue weighted by Crippen LogP contribution is 2.51. The van der Waals surface area contributed by atoms with Crippen LogP contribution in [0.25, 0.3) is 0 Å². The Kier molecular flexibility index (Phi) is 3.81. The predicted molar refractivity (Wildman–Crippen MR) is 76.7 cm³/mol. The maximum atomic E-state index is 6.28. The fourth-order valence-electron chi connectivity index (χ4n) is 3.92. The van der Waals surface area contributed by atoms with Crippen LogP contribution in [0.15, 0.2) is 0 Å². The van der Waals surface area contributed by atoms with E-state index in [4.69, 9.17) is 4.74 Å². The quantitative estimate of drug-likeness (QED) is 0.808. The summed E-state index contributed by atoms with van der Waals surface area (Å²) >= 11 is 0. The molecule has 4 atom stereocenters. The molecule has 0 aromatic carbocycles. The van der Waals surface area contributed by atoms with Crippen molar-refractivity contribution in [2.75, 3.05) is 6.54 Å². The summed E-state index contributed by atoms with van der Waals surface area (Å²) in [5.74, 6) is 2.42. The highest BCUT2D eigenvalue weighted by molar-refractivity contribution is 5.05. The van der Waals surface area contributed by atoms with Crippen molar-refractivity contribution in [1.82, 2.24) is 5.32 Å². The molecule has 1 aliphatic heterocycles. The lowest BCUT2D eigenvalue weighted by Gasteiger charge is -2.34. The van der Waals surface area contributed by atoms with Gasteiger partial charge in [0.25, 0.3) is 0 Å². The summed E-state index contributed by atoms with van der Waals surface area (Å²) in [7, 11) is 0. The average molecular weight is 253 g/mol. The Morgan fingerprint density at radius 3 is 2.28 bits per heavy atom. The minimum atomic E-state index is 0.0111. The fourth-order valence-corrected chi connectivity index (χ4v) is 3.92. The molecule has 4 unspecified atom stereocenters. The third-order valence-corrected chi connectivity index (χ3v) is 4.84. The minimum absolute atomic E-state index is 0.0111. The Hall–Kier alpha value is -0.0800. The van der Waals surface area contributed by atoms with Crippen LogP contribution in [0.3, 0.4) is 0 Å². The molecule has 1 heterocycles. The van der Waals surface area contributed by atoms with Crippen LogP contribution in [-0.4, -0.2) is 23.8 Å². The molecule has 1 N–H and O–H groups in total. The number of nitrogens with one attached hydrogen (secondary N) is 1. The van der Waals surface area contributed by atoms with E-state index in [1.54, 1.807) is 0 Å². The molecular formula is C16H31NO. The molecule has 0 amide bonds. The highest BCUT2D eigenvalue weighted by Gasteiger charge is 2.53. The van der Waals surface area contributed by atoms with E-state index in [0.29, 0.717) is 12.0 Å². The number of rotatable bonds is 5. The van der Waals surface area contributed by atoms with Gasteiger partial charge in [-0.15, -0.1) is 0 Å². The van der Waals surface area contributed by atoms with Crippen LogP contribution in [0.1, 0.15) is 60.8 Å². The summed E-state index contributed by atoms with van der Waals surface area (Å²) in [6, 6.07) is 0.650. The predicted octanol–water partition coefficient (Wildman–Crippen LogP) is 3.60. The summed E-state index contributed by atoms with van der Waals surface area (Å²) in [5, 5.41) is 3.82. The molecule has 2 nitrogen and oxygen atoms in total. The van der Waals surface area contributed by atoms with Crippen molar-refractivity contribution in [2.45, 2.75) is 78.0 Å². The number of hydrogen-bond donors (Lipinski definition) is 1. The smallest absolute Gasteiger partial charge is 0.0677 e. The van der Waals surface area contributed by atoms with E-state index >= 15 is 0 Å². The van der Waals surface area contributed by atoms with Crippen LogP contribution < -0.4 is 5.32 Å². The summed E-state index contributed by atoms with van der Waals surface area (Å²) < 4.78 is 6.28. The number of ether oxygens (including phenoxy) is 1. The maximum Gasteiger partial charge on any atom is 0.0677 e. The second kappa shape index (κ2) is 4.79. The molecule has 2 aliphatic rings. The van der Waals surface area contributed by atoms with Crippen molar-refractivity contribution in [1.29, 1.82) is 0 Å². The summed E-state index contributed by atoms with van der Waals surface area (Å²) in [6.07, 6.45) is 3.80. The summed E-state index contributed by atoms with van der Waals surface area (Å²) in [5.41, 5.74) is 0.0512. The van der Waals surface area contributed by atoms with E-state index in [0.717, 1.165) is 18.4 Å².